The van der Waals surface area contributed by atoms with Crippen molar-refractivity contribution in [2.24, 2.45) is 0 Å². The van der Waals surface area contributed by atoms with Crippen LogP contribution in [0, 0.1) is 0 Å². The summed E-state index contributed by atoms with van der Waals surface area (Å²) in [6.07, 6.45) is 0. The van der Waals surface area contributed by atoms with Crippen LogP contribution in [0.3, 0.4) is 0 Å². The van der Waals surface area contributed by atoms with Gasteiger partial charge in [0, 0.05) is 23.4 Å². The molecular weight excluding hydrogens is 210 g/mol. The van der Waals surface area contributed by atoms with E-state index in [1.165, 1.54) is 0 Å². The second-order valence-corrected chi connectivity index (χ2v) is 4.13. The number of benzene rings is 1. The van der Waals surface area contributed by atoms with Crippen molar-refractivity contribution in [3.63, 3.8) is 0 Å². The summed E-state index contributed by atoms with van der Waals surface area (Å²) >= 11 is 1.71. The molecule has 0 aliphatic heterocycles. The van der Waals surface area contributed by atoms with Crippen LogP contribution in [0.2, 0.25) is 0 Å². The molecule has 1 aromatic rings. The Morgan fingerprint density at radius 1 is 1.20 bits per heavy atom. The molecule has 0 saturated carbocycles. The number of nitrogens with two attached hydrogens (primary N) is 1. The molecule has 4 heteroatoms. The van der Waals surface area contributed by atoms with Gasteiger partial charge in [0.25, 0.3) is 0 Å². The molecule has 3 nitrogen and oxygen atoms in total. The minimum absolute atomic E-state index is 0.651. The number of methoxy groups -OCH3 is 1. The third-order valence-electron chi connectivity index (χ3n) is 1.84. The van der Waals surface area contributed by atoms with Crippen LogP contribution in [0.4, 0.5) is 5.69 Å². The number of hydrogen-bond donors (Lipinski definition) is 1. The van der Waals surface area contributed by atoms with Crippen molar-refractivity contribution in [1.29, 1.82) is 0 Å². The summed E-state index contributed by atoms with van der Waals surface area (Å²) in [5.41, 5.74) is 6.63. The zero-order valence-corrected chi connectivity index (χ0v) is 9.76. The van der Waals surface area contributed by atoms with Crippen molar-refractivity contribution in [2.45, 2.75) is 4.90 Å². The topological polar surface area (TPSA) is 44.5 Å². The lowest BCUT2D eigenvalue weighted by Crippen LogP contribution is -2.04. The van der Waals surface area contributed by atoms with Gasteiger partial charge in [-0.05, 0) is 12.1 Å². The highest BCUT2D eigenvalue weighted by Crippen LogP contribution is 2.23. The van der Waals surface area contributed by atoms with Gasteiger partial charge < -0.3 is 15.2 Å². The van der Waals surface area contributed by atoms with Crippen LogP contribution in [0.15, 0.2) is 29.2 Å². The molecule has 0 fully saturated rings. The molecule has 84 valence electrons. The number of ether oxygens (including phenoxy) is 2. The van der Waals surface area contributed by atoms with E-state index in [0.29, 0.717) is 13.2 Å². The number of thioether (sulfide) groups is 1. The van der Waals surface area contributed by atoms with Crippen LogP contribution in [-0.4, -0.2) is 32.7 Å². The summed E-state index contributed by atoms with van der Waals surface area (Å²) in [5, 5.41) is 0. The molecule has 0 spiro atoms. The first-order chi connectivity index (χ1) is 7.34. The molecule has 0 bridgehead atoms. The molecule has 15 heavy (non-hydrogen) atoms. The Labute approximate surface area is 94.9 Å². The summed E-state index contributed by atoms with van der Waals surface area (Å²) < 4.78 is 10.2. The Morgan fingerprint density at radius 2 is 2.00 bits per heavy atom. The number of para-hydroxylation sites is 1. The molecule has 0 amide bonds. The molecule has 2 N–H and O–H groups in total. The summed E-state index contributed by atoms with van der Waals surface area (Å²) in [5.74, 6) is 0.915. The van der Waals surface area contributed by atoms with Crippen LogP contribution in [0.1, 0.15) is 0 Å². The highest BCUT2D eigenvalue weighted by molar-refractivity contribution is 7.99. The highest BCUT2D eigenvalue weighted by atomic mass is 32.2. The van der Waals surface area contributed by atoms with Gasteiger partial charge in [-0.25, -0.2) is 0 Å². The van der Waals surface area contributed by atoms with Crippen molar-refractivity contribution in [1.82, 2.24) is 0 Å². The fraction of sp³-hybridized carbons (Fsp3) is 0.455. The molecule has 0 saturated heterocycles. The van der Waals surface area contributed by atoms with Gasteiger partial charge in [0.05, 0.1) is 19.8 Å². The molecule has 0 heterocycles. The molecule has 0 aliphatic rings. The Balaban J connectivity index is 2.12. The number of nitrogen functional groups attached to an aromatic ring is 1. The van der Waals surface area contributed by atoms with Crippen molar-refractivity contribution >= 4 is 17.4 Å². The first-order valence-electron chi connectivity index (χ1n) is 4.88. The normalized spacial score (nSPS) is 10.5. The average Bonchev–Trinajstić information content (AvgIpc) is 2.25. The third kappa shape index (κ3) is 5.06. The van der Waals surface area contributed by atoms with Gasteiger partial charge in [0.1, 0.15) is 0 Å². The van der Waals surface area contributed by atoms with Gasteiger partial charge in [0.2, 0.25) is 0 Å². The summed E-state index contributed by atoms with van der Waals surface area (Å²) in [6.45, 7) is 2.03. The minimum Gasteiger partial charge on any atom is -0.398 e. The lowest BCUT2D eigenvalue weighted by atomic mass is 10.3. The van der Waals surface area contributed by atoms with E-state index in [1.807, 2.05) is 24.3 Å². The lowest BCUT2D eigenvalue weighted by Gasteiger charge is -2.05. The number of anilines is 1. The zero-order chi connectivity index (χ0) is 10.9. The standard InChI is InChI=1S/C11H17NO2S/c1-13-6-7-14-8-9-15-11-5-3-2-4-10(11)12/h2-5H,6-9,12H2,1H3. The maximum absolute atomic E-state index is 5.80. The van der Waals surface area contributed by atoms with Crippen LogP contribution >= 0.6 is 11.8 Å². The lowest BCUT2D eigenvalue weighted by molar-refractivity contribution is 0.0790. The van der Waals surface area contributed by atoms with E-state index in [0.717, 1.165) is 22.9 Å². The molecule has 0 aliphatic carbocycles. The van der Waals surface area contributed by atoms with Crippen molar-refractivity contribution in [2.75, 3.05) is 38.4 Å². The predicted octanol–water partition coefficient (Wildman–Crippen LogP) is 2.02. The van der Waals surface area contributed by atoms with Crippen LogP contribution < -0.4 is 5.73 Å². The molecule has 1 aromatic carbocycles. The number of rotatable bonds is 7. The predicted molar refractivity (Wildman–Crippen MR) is 64.3 cm³/mol. The maximum atomic E-state index is 5.80. The molecular formula is C11H17NO2S. The molecule has 0 radical (unpaired) electrons. The summed E-state index contributed by atoms with van der Waals surface area (Å²) in [7, 11) is 1.67. The third-order valence-corrected chi connectivity index (χ3v) is 2.89. The monoisotopic (exact) mass is 227 g/mol. The van der Waals surface area contributed by atoms with Gasteiger partial charge in [-0.15, -0.1) is 11.8 Å². The first-order valence-corrected chi connectivity index (χ1v) is 5.87. The molecule has 0 unspecified atom stereocenters. The first kappa shape index (κ1) is 12.4. The Morgan fingerprint density at radius 3 is 2.73 bits per heavy atom. The van der Waals surface area contributed by atoms with E-state index in [-0.39, 0.29) is 0 Å². The quantitative estimate of drug-likeness (QED) is 0.440. The molecule has 0 atom stereocenters. The average molecular weight is 227 g/mol. The highest BCUT2D eigenvalue weighted by Gasteiger charge is 1.97. The SMILES string of the molecule is COCCOCCSc1ccccc1N. The Hall–Kier alpha value is -0.710. The van der Waals surface area contributed by atoms with E-state index < -0.39 is 0 Å². The van der Waals surface area contributed by atoms with Crippen molar-refractivity contribution < 1.29 is 9.47 Å². The van der Waals surface area contributed by atoms with Gasteiger partial charge in [-0.2, -0.15) is 0 Å². The second-order valence-electron chi connectivity index (χ2n) is 2.99. The Kier molecular flexibility index (Phi) is 6.23. The minimum atomic E-state index is 0.651. The maximum Gasteiger partial charge on any atom is 0.0700 e. The zero-order valence-electron chi connectivity index (χ0n) is 8.94. The van der Waals surface area contributed by atoms with Crippen LogP contribution in [0.5, 0.6) is 0 Å². The van der Waals surface area contributed by atoms with Gasteiger partial charge in [0.15, 0.2) is 0 Å². The van der Waals surface area contributed by atoms with E-state index in [4.69, 9.17) is 15.2 Å². The van der Waals surface area contributed by atoms with Crippen LogP contribution in [0.25, 0.3) is 0 Å². The van der Waals surface area contributed by atoms with Gasteiger partial charge >= 0.3 is 0 Å². The van der Waals surface area contributed by atoms with Crippen molar-refractivity contribution in [3.05, 3.63) is 24.3 Å². The molecule has 0 aromatic heterocycles. The summed E-state index contributed by atoms with van der Waals surface area (Å²) in [6, 6.07) is 7.86. The van der Waals surface area contributed by atoms with Gasteiger partial charge in [-0.1, -0.05) is 12.1 Å². The Bertz CT molecular complexity index is 281. The number of hydrogen-bond acceptors (Lipinski definition) is 4. The van der Waals surface area contributed by atoms with E-state index in [2.05, 4.69) is 0 Å². The van der Waals surface area contributed by atoms with E-state index in [9.17, 15) is 0 Å². The second kappa shape index (κ2) is 7.56. The van der Waals surface area contributed by atoms with Crippen LogP contribution in [-0.2, 0) is 9.47 Å². The van der Waals surface area contributed by atoms with Gasteiger partial charge in [-0.3, -0.25) is 0 Å². The van der Waals surface area contributed by atoms with E-state index in [1.54, 1.807) is 18.9 Å². The van der Waals surface area contributed by atoms with E-state index >= 15 is 0 Å². The fourth-order valence-electron chi connectivity index (χ4n) is 1.07. The summed E-state index contributed by atoms with van der Waals surface area (Å²) in [4.78, 5) is 1.12. The largest absolute Gasteiger partial charge is 0.398 e. The molecule has 1 rings (SSSR count). The van der Waals surface area contributed by atoms with Crippen molar-refractivity contribution in [3.8, 4) is 0 Å². The fourth-order valence-corrected chi connectivity index (χ4v) is 1.90. The smallest absolute Gasteiger partial charge is 0.0700 e.